The fourth-order valence-corrected chi connectivity index (χ4v) is 3.52. The molecule has 2 aliphatic rings. The Morgan fingerprint density at radius 2 is 1.71 bits per heavy atom. The lowest BCUT2D eigenvalue weighted by Crippen LogP contribution is -2.52. The molecule has 2 aromatic rings. The third-order valence-electron chi connectivity index (χ3n) is 5.03. The summed E-state index contributed by atoms with van der Waals surface area (Å²) in [5.74, 6) is 1.82. The molecule has 1 fully saturated rings. The summed E-state index contributed by atoms with van der Waals surface area (Å²) in [6.45, 7) is 1.10. The zero-order chi connectivity index (χ0) is 18.0. The minimum absolute atomic E-state index is 0. The number of nitrogens with two attached hydrogens (primary N) is 1. The van der Waals surface area contributed by atoms with Gasteiger partial charge in [-0.25, -0.2) is 4.98 Å². The van der Waals surface area contributed by atoms with Gasteiger partial charge in [-0.05, 0) is 43.2 Å². The zero-order valence-electron chi connectivity index (χ0n) is 15.5. The van der Waals surface area contributed by atoms with Gasteiger partial charge in [0.2, 0.25) is 5.91 Å². The second-order valence-corrected chi connectivity index (χ2v) is 6.94. The number of benzene rings is 1. The van der Waals surface area contributed by atoms with Crippen LogP contribution in [0.1, 0.15) is 32.1 Å². The molecule has 3 N–H and O–H groups in total. The van der Waals surface area contributed by atoms with Gasteiger partial charge in [-0.1, -0.05) is 25.3 Å². The summed E-state index contributed by atoms with van der Waals surface area (Å²) in [5, 5.41) is 2.89. The van der Waals surface area contributed by atoms with E-state index in [2.05, 4.69) is 10.3 Å². The summed E-state index contributed by atoms with van der Waals surface area (Å²) in [4.78, 5) is 17.2. The van der Waals surface area contributed by atoms with Gasteiger partial charge in [-0.15, -0.1) is 24.8 Å². The molecule has 0 atom stereocenters. The number of nitrogens with zero attached hydrogens (tertiary/aromatic N) is 1. The quantitative estimate of drug-likeness (QED) is 0.776. The van der Waals surface area contributed by atoms with E-state index >= 15 is 0 Å². The number of carbonyl (C=O) groups is 1. The van der Waals surface area contributed by atoms with Crippen LogP contribution in [0, 0.1) is 0 Å². The van der Waals surface area contributed by atoms with Crippen molar-refractivity contribution < 1.29 is 14.3 Å². The van der Waals surface area contributed by atoms with E-state index in [-0.39, 0.29) is 30.7 Å². The van der Waals surface area contributed by atoms with Crippen molar-refractivity contribution in [3.05, 3.63) is 36.4 Å². The summed E-state index contributed by atoms with van der Waals surface area (Å²) < 4.78 is 11.2. The van der Waals surface area contributed by atoms with Crippen LogP contribution in [0.15, 0.2) is 36.4 Å². The SMILES string of the molecule is Cl.Cl.NC1(C(=O)Nc2cccc(-c3ccc4c(c3)OCCO4)n2)CCCCC1. The molecule has 6 nitrogen and oxygen atoms in total. The van der Waals surface area contributed by atoms with Crippen molar-refractivity contribution in [3.8, 4) is 22.8 Å². The van der Waals surface area contributed by atoms with Crippen LogP contribution < -0.4 is 20.5 Å². The van der Waals surface area contributed by atoms with Gasteiger partial charge in [0, 0.05) is 5.56 Å². The first-order valence-corrected chi connectivity index (χ1v) is 9.11. The number of carbonyl (C=O) groups excluding carboxylic acids is 1. The monoisotopic (exact) mass is 425 g/mol. The molecule has 2 heterocycles. The molecule has 8 heteroatoms. The van der Waals surface area contributed by atoms with E-state index < -0.39 is 5.54 Å². The van der Waals surface area contributed by atoms with Crippen LogP contribution in [0.3, 0.4) is 0 Å². The van der Waals surface area contributed by atoms with Crippen molar-refractivity contribution in [2.24, 2.45) is 5.73 Å². The van der Waals surface area contributed by atoms with Crippen LogP contribution in [0.4, 0.5) is 5.82 Å². The lowest BCUT2D eigenvalue weighted by atomic mass is 9.82. The van der Waals surface area contributed by atoms with Crippen molar-refractivity contribution in [1.29, 1.82) is 0 Å². The van der Waals surface area contributed by atoms with Crippen LogP contribution in [-0.2, 0) is 4.79 Å². The lowest BCUT2D eigenvalue weighted by molar-refractivity contribution is -0.122. The molecule has 4 rings (SSSR count). The molecule has 1 aromatic heterocycles. The fourth-order valence-electron chi connectivity index (χ4n) is 3.52. The molecule has 1 aromatic carbocycles. The summed E-state index contributed by atoms with van der Waals surface area (Å²) in [7, 11) is 0. The van der Waals surface area contributed by atoms with E-state index in [1.165, 1.54) is 0 Å². The second-order valence-electron chi connectivity index (χ2n) is 6.94. The van der Waals surface area contributed by atoms with Crippen molar-refractivity contribution in [1.82, 2.24) is 4.98 Å². The van der Waals surface area contributed by atoms with Gasteiger partial charge in [0.05, 0.1) is 11.2 Å². The number of amides is 1. The minimum Gasteiger partial charge on any atom is -0.486 e. The number of pyridine rings is 1. The van der Waals surface area contributed by atoms with Crippen molar-refractivity contribution in [3.63, 3.8) is 0 Å². The maximum atomic E-state index is 12.6. The van der Waals surface area contributed by atoms with Crippen molar-refractivity contribution >= 4 is 36.5 Å². The lowest BCUT2D eigenvalue weighted by Gasteiger charge is -2.31. The molecule has 0 radical (unpaired) electrons. The maximum absolute atomic E-state index is 12.6. The first kappa shape index (κ1) is 22.3. The number of rotatable bonds is 3. The van der Waals surface area contributed by atoms with E-state index in [4.69, 9.17) is 15.2 Å². The second kappa shape index (κ2) is 9.45. The smallest absolute Gasteiger partial charge is 0.245 e. The van der Waals surface area contributed by atoms with E-state index in [1.54, 1.807) is 6.07 Å². The van der Waals surface area contributed by atoms with E-state index in [0.717, 1.165) is 49.1 Å². The molecule has 0 bridgehead atoms. The summed E-state index contributed by atoms with van der Waals surface area (Å²) in [6, 6.07) is 11.3. The van der Waals surface area contributed by atoms with E-state index in [1.807, 2.05) is 30.3 Å². The van der Waals surface area contributed by atoms with Crippen LogP contribution in [0.2, 0.25) is 0 Å². The number of anilines is 1. The molecule has 0 unspecified atom stereocenters. The number of ether oxygens (including phenoxy) is 2. The van der Waals surface area contributed by atoms with Crippen LogP contribution >= 0.6 is 24.8 Å². The Labute approximate surface area is 177 Å². The van der Waals surface area contributed by atoms with Crippen LogP contribution in [0.5, 0.6) is 11.5 Å². The average molecular weight is 426 g/mol. The number of aromatic nitrogens is 1. The first-order chi connectivity index (χ1) is 12.6. The van der Waals surface area contributed by atoms with Gasteiger partial charge < -0.3 is 20.5 Å². The van der Waals surface area contributed by atoms with Gasteiger partial charge in [-0.2, -0.15) is 0 Å². The number of hydrogen-bond donors (Lipinski definition) is 2. The number of fused-ring (bicyclic) bond motifs is 1. The highest BCUT2D eigenvalue weighted by Gasteiger charge is 2.35. The van der Waals surface area contributed by atoms with E-state index in [0.29, 0.717) is 24.8 Å². The number of nitrogens with one attached hydrogen (secondary N) is 1. The molecule has 1 aliphatic carbocycles. The van der Waals surface area contributed by atoms with Gasteiger partial charge >= 0.3 is 0 Å². The molecule has 1 amide bonds. The highest BCUT2D eigenvalue weighted by atomic mass is 35.5. The Balaban J connectivity index is 0.00000140. The predicted molar refractivity (Wildman–Crippen MR) is 114 cm³/mol. The largest absolute Gasteiger partial charge is 0.486 e. The van der Waals surface area contributed by atoms with E-state index in [9.17, 15) is 4.79 Å². The van der Waals surface area contributed by atoms with Gasteiger partial charge in [0.15, 0.2) is 11.5 Å². The van der Waals surface area contributed by atoms with Crippen LogP contribution in [0.25, 0.3) is 11.3 Å². The molecule has 152 valence electrons. The molecule has 0 saturated heterocycles. The summed E-state index contributed by atoms with van der Waals surface area (Å²) in [5.41, 5.74) is 7.19. The Kier molecular flexibility index (Phi) is 7.52. The number of hydrogen-bond acceptors (Lipinski definition) is 5. The maximum Gasteiger partial charge on any atom is 0.245 e. The highest BCUT2D eigenvalue weighted by Crippen LogP contribution is 2.34. The fraction of sp³-hybridized carbons (Fsp3) is 0.400. The predicted octanol–water partition coefficient (Wildman–Crippen LogP) is 3.96. The molecule has 1 saturated carbocycles. The molecule has 28 heavy (non-hydrogen) atoms. The molecular formula is C20H25Cl2N3O3. The Bertz CT molecular complexity index is 826. The summed E-state index contributed by atoms with van der Waals surface area (Å²) >= 11 is 0. The third-order valence-corrected chi connectivity index (χ3v) is 5.03. The van der Waals surface area contributed by atoms with Crippen LogP contribution in [-0.4, -0.2) is 29.6 Å². The first-order valence-electron chi connectivity index (χ1n) is 9.11. The normalized spacial score (nSPS) is 16.9. The van der Waals surface area contributed by atoms with Crippen molar-refractivity contribution in [2.75, 3.05) is 18.5 Å². The molecule has 0 spiro atoms. The Hall–Kier alpha value is -2.02. The van der Waals surface area contributed by atoms with Gasteiger partial charge in [0.1, 0.15) is 19.0 Å². The van der Waals surface area contributed by atoms with Gasteiger partial charge in [0.25, 0.3) is 0 Å². The highest BCUT2D eigenvalue weighted by molar-refractivity contribution is 5.97. The van der Waals surface area contributed by atoms with Gasteiger partial charge in [-0.3, -0.25) is 4.79 Å². The summed E-state index contributed by atoms with van der Waals surface area (Å²) in [6.07, 6.45) is 4.58. The Morgan fingerprint density at radius 1 is 1.00 bits per heavy atom. The molecular weight excluding hydrogens is 401 g/mol. The Morgan fingerprint density at radius 3 is 2.46 bits per heavy atom. The minimum atomic E-state index is -0.785. The number of halogens is 2. The van der Waals surface area contributed by atoms with Crippen molar-refractivity contribution in [2.45, 2.75) is 37.6 Å². The topological polar surface area (TPSA) is 86.5 Å². The zero-order valence-corrected chi connectivity index (χ0v) is 17.1. The third kappa shape index (κ3) is 4.69. The standard InChI is InChI=1S/C20H23N3O3.2ClH/c21-20(9-2-1-3-10-20)19(24)23-18-6-4-5-15(22-18)14-7-8-16-17(13-14)26-12-11-25-16;;/h4-8,13H,1-3,9-12,21H2,(H,22,23,24);2*1H. The average Bonchev–Trinajstić information content (AvgIpc) is 2.68. The molecule has 1 aliphatic heterocycles.